The van der Waals surface area contributed by atoms with E-state index in [1.165, 1.54) is 0 Å². The van der Waals surface area contributed by atoms with Crippen LogP contribution in [0.4, 0.5) is 0 Å². The highest BCUT2D eigenvalue weighted by Crippen LogP contribution is 2.23. The standard InChI is InChI=1S/C12H17NO2/c1-3-10-8-15-12(13-10)9-4-6-11(14-2)7-5-9/h4-7,10,12-13H,3,8H2,1-2H3/t10-,12-/m0/s1. The average molecular weight is 207 g/mol. The SMILES string of the molecule is CC[C@H]1CO[C@@H](c2ccc(OC)cc2)N1. The van der Waals surface area contributed by atoms with Gasteiger partial charge in [0.15, 0.2) is 0 Å². The van der Waals surface area contributed by atoms with Crippen LogP contribution in [-0.2, 0) is 4.74 Å². The number of rotatable bonds is 3. The van der Waals surface area contributed by atoms with Crippen molar-refractivity contribution < 1.29 is 9.47 Å². The molecule has 2 atom stereocenters. The Morgan fingerprint density at radius 1 is 1.40 bits per heavy atom. The lowest BCUT2D eigenvalue weighted by Crippen LogP contribution is -2.24. The topological polar surface area (TPSA) is 30.5 Å². The van der Waals surface area contributed by atoms with Gasteiger partial charge in [-0.25, -0.2) is 0 Å². The van der Waals surface area contributed by atoms with E-state index in [-0.39, 0.29) is 6.23 Å². The first-order valence-electron chi connectivity index (χ1n) is 5.35. The van der Waals surface area contributed by atoms with Crippen molar-refractivity contribution in [3.63, 3.8) is 0 Å². The highest BCUT2D eigenvalue weighted by Gasteiger charge is 2.23. The van der Waals surface area contributed by atoms with E-state index in [0.717, 1.165) is 24.3 Å². The minimum Gasteiger partial charge on any atom is -0.497 e. The predicted molar refractivity (Wildman–Crippen MR) is 58.9 cm³/mol. The van der Waals surface area contributed by atoms with Crippen molar-refractivity contribution in [3.8, 4) is 5.75 Å². The fourth-order valence-electron chi connectivity index (χ4n) is 1.73. The molecule has 1 fully saturated rings. The molecule has 0 saturated carbocycles. The van der Waals surface area contributed by atoms with Gasteiger partial charge in [0, 0.05) is 6.04 Å². The van der Waals surface area contributed by atoms with Crippen molar-refractivity contribution in [3.05, 3.63) is 29.8 Å². The summed E-state index contributed by atoms with van der Waals surface area (Å²) >= 11 is 0. The van der Waals surface area contributed by atoms with Gasteiger partial charge in [-0.3, -0.25) is 5.32 Å². The Hall–Kier alpha value is -1.06. The maximum absolute atomic E-state index is 5.66. The van der Waals surface area contributed by atoms with Crippen LogP contribution in [0.15, 0.2) is 24.3 Å². The van der Waals surface area contributed by atoms with Crippen LogP contribution in [0.1, 0.15) is 25.1 Å². The molecule has 1 heterocycles. The fourth-order valence-corrected chi connectivity index (χ4v) is 1.73. The quantitative estimate of drug-likeness (QED) is 0.823. The molecular formula is C12H17NO2. The summed E-state index contributed by atoms with van der Waals surface area (Å²) in [6.45, 7) is 2.96. The first-order chi connectivity index (χ1) is 7.33. The first-order valence-corrected chi connectivity index (χ1v) is 5.35. The van der Waals surface area contributed by atoms with Crippen LogP contribution in [0.2, 0.25) is 0 Å². The summed E-state index contributed by atoms with van der Waals surface area (Å²) in [5.41, 5.74) is 1.16. The van der Waals surface area contributed by atoms with Crippen LogP contribution in [0, 0.1) is 0 Å². The lowest BCUT2D eigenvalue weighted by atomic mass is 10.2. The molecule has 3 heteroatoms. The van der Waals surface area contributed by atoms with Gasteiger partial charge in [-0.15, -0.1) is 0 Å². The number of hydrogen-bond acceptors (Lipinski definition) is 3. The molecule has 0 aliphatic carbocycles. The summed E-state index contributed by atoms with van der Waals surface area (Å²) in [4.78, 5) is 0. The number of ether oxygens (including phenoxy) is 2. The predicted octanol–water partition coefficient (Wildman–Crippen LogP) is 2.09. The van der Waals surface area contributed by atoms with E-state index >= 15 is 0 Å². The Kier molecular flexibility index (Phi) is 3.23. The van der Waals surface area contributed by atoms with Crippen LogP contribution in [0.25, 0.3) is 0 Å². The van der Waals surface area contributed by atoms with Gasteiger partial charge in [0.05, 0.1) is 13.7 Å². The van der Waals surface area contributed by atoms with E-state index in [9.17, 15) is 0 Å². The third-order valence-corrected chi connectivity index (χ3v) is 2.76. The second-order valence-corrected chi connectivity index (χ2v) is 3.76. The lowest BCUT2D eigenvalue weighted by Gasteiger charge is -2.11. The summed E-state index contributed by atoms with van der Waals surface area (Å²) < 4.78 is 10.8. The zero-order valence-electron chi connectivity index (χ0n) is 9.19. The van der Waals surface area contributed by atoms with Crippen molar-refractivity contribution in [1.82, 2.24) is 5.32 Å². The summed E-state index contributed by atoms with van der Waals surface area (Å²) in [7, 11) is 1.67. The van der Waals surface area contributed by atoms with E-state index in [1.54, 1.807) is 7.11 Å². The van der Waals surface area contributed by atoms with E-state index in [1.807, 2.05) is 24.3 Å². The summed E-state index contributed by atoms with van der Waals surface area (Å²) in [5, 5.41) is 3.43. The normalized spacial score (nSPS) is 25.5. The van der Waals surface area contributed by atoms with Gasteiger partial charge >= 0.3 is 0 Å². The second kappa shape index (κ2) is 4.64. The van der Waals surface area contributed by atoms with Crippen LogP contribution >= 0.6 is 0 Å². The molecule has 1 aromatic carbocycles. The van der Waals surface area contributed by atoms with E-state index in [2.05, 4.69) is 12.2 Å². The number of nitrogens with one attached hydrogen (secondary N) is 1. The van der Waals surface area contributed by atoms with Crippen molar-refractivity contribution in [1.29, 1.82) is 0 Å². The first kappa shape index (κ1) is 10.5. The molecule has 1 aliphatic heterocycles. The minimum absolute atomic E-state index is 0.0425. The Bertz CT molecular complexity index is 310. The Balaban J connectivity index is 2.04. The van der Waals surface area contributed by atoms with Crippen LogP contribution < -0.4 is 10.1 Å². The second-order valence-electron chi connectivity index (χ2n) is 3.76. The molecule has 0 radical (unpaired) electrons. The molecule has 82 valence electrons. The molecular weight excluding hydrogens is 190 g/mol. The molecule has 0 unspecified atom stereocenters. The number of methoxy groups -OCH3 is 1. The molecule has 0 spiro atoms. The largest absolute Gasteiger partial charge is 0.497 e. The lowest BCUT2D eigenvalue weighted by molar-refractivity contribution is 0.101. The minimum atomic E-state index is 0.0425. The van der Waals surface area contributed by atoms with Gasteiger partial charge in [-0.2, -0.15) is 0 Å². The van der Waals surface area contributed by atoms with Gasteiger partial charge in [0.25, 0.3) is 0 Å². The van der Waals surface area contributed by atoms with E-state index < -0.39 is 0 Å². The van der Waals surface area contributed by atoms with Gasteiger partial charge in [0.1, 0.15) is 12.0 Å². The molecule has 1 aliphatic rings. The monoisotopic (exact) mass is 207 g/mol. The molecule has 0 aromatic heterocycles. The molecule has 2 rings (SSSR count). The van der Waals surface area contributed by atoms with Gasteiger partial charge < -0.3 is 9.47 Å². The molecule has 15 heavy (non-hydrogen) atoms. The van der Waals surface area contributed by atoms with Crippen molar-refractivity contribution in [2.24, 2.45) is 0 Å². The highest BCUT2D eigenvalue weighted by atomic mass is 16.5. The maximum Gasteiger partial charge on any atom is 0.134 e. The number of benzene rings is 1. The molecule has 0 bridgehead atoms. The summed E-state index contributed by atoms with van der Waals surface area (Å²) in [5.74, 6) is 0.879. The molecule has 0 amide bonds. The average Bonchev–Trinajstić information content (AvgIpc) is 2.78. The summed E-state index contributed by atoms with van der Waals surface area (Å²) in [6.07, 6.45) is 1.15. The maximum atomic E-state index is 5.66. The van der Waals surface area contributed by atoms with Gasteiger partial charge in [-0.05, 0) is 24.1 Å². The summed E-state index contributed by atoms with van der Waals surface area (Å²) in [6, 6.07) is 8.47. The molecule has 1 saturated heterocycles. The zero-order valence-corrected chi connectivity index (χ0v) is 9.19. The molecule has 3 nitrogen and oxygen atoms in total. The zero-order chi connectivity index (χ0) is 10.7. The number of hydrogen-bond donors (Lipinski definition) is 1. The Labute approximate surface area is 90.4 Å². The van der Waals surface area contributed by atoms with Crippen molar-refractivity contribution >= 4 is 0 Å². The van der Waals surface area contributed by atoms with Gasteiger partial charge in [-0.1, -0.05) is 19.1 Å². The van der Waals surface area contributed by atoms with E-state index in [0.29, 0.717) is 6.04 Å². The fraction of sp³-hybridized carbons (Fsp3) is 0.500. The van der Waals surface area contributed by atoms with Crippen molar-refractivity contribution in [2.45, 2.75) is 25.6 Å². The van der Waals surface area contributed by atoms with Crippen molar-refractivity contribution in [2.75, 3.05) is 13.7 Å². The Morgan fingerprint density at radius 3 is 2.67 bits per heavy atom. The Morgan fingerprint density at radius 2 is 2.13 bits per heavy atom. The third kappa shape index (κ3) is 2.30. The van der Waals surface area contributed by atoms with E-state index in [4.69, 9.17) is 9.47 Å². The molecule has 1 aromatic rings. The van der Waals surface area contributed by atoms with Gasteiger partial charge in [0.2, 0.25) is 0 Å². The van der Waals surface area contributed by atoms with Crippen LogP contribution in [0.3, 0.4) is 0 Å². The smallest absolute Gasteiger partial charge is 0.134 e. The highest BCUT2D eigenvalue weighted by molar-refractivity contribution is 5.28. The molecule has 1 N–H and O–H groups in total. The third-order valence-electron chi connectivity index (χ3n) is 2.76. The van der Waals surface area contributed by atoms with Crippen LogP contribution in [0.5, 0.6) is 5.75 Å². The van der Waals surface area contributed by atoms with Crippen LogP contribution in [-0.4, -0.2) is 19.8 Å².